The Kier molecular flexibility index (Phi) is 52.4. The van der Waals surface area contributed by atoms with Crippen molar-refractivity contribution in [3.8, 4) is 0 Å². The van der Waals surface area contributed by atoms with Crippen molar-refractivity contribution in [2.75, 3.05) is 47.5 Å². The molecule has 0 spiro atoms. The van der Waals surface area contributed by atoms with E-state index in [2.05, 4.69) is 111 Å². The number of unbranched alkanes of at least 4 members (excludes halogenated alkanes) is 24. The van der Waals surface area contributed by atoms with E-state index in [9.17, 15) is 19.0 Å². The van der Waals surface area contributed by atoms with E-state index >= 15 is 0 Å². The van der Waals surface area contributed by atoms with Crippen LogP contribution in [0.15, 0.2) is 97.2 Å². The van der Waals surface area contributed by atoms with Crippen molar-refractivity contribution in [2.45, 2.75) is 251 Å². The van der Waals surface area contributed by atoms with Gasteiger partial charge in [0.1, 0.15) is 19.8 Å². The number of quaternary nitrogens is 1. The van der Waals surface area contributed by atoms with Crippen molar-refractivity contribution < 1.29 is 42.1 Å². The van der Waals surface area contributed by atoms with Gasteiger partial charge in [0.2, 0.25) is 0 Å². The lowest BCUT2D eigenvalue weighted by atomic mass is 10.0. The summed E-state index contributed by atoms with van der Waals surface area (Å²) in [5.74, 6) is -0.852. The monoisotopic (exact) mass is 1050 g/mol. The van der Waals surface area contributed by atoms with Crippen LogP contribution in [0.3, 0.4) is 0 Å². The van der Waals surface area contributed by atoms with E-state index in [0.717, 1.165) is 103 Å². The standard InChI is InChI=1S/C64H112NO8P/c1-6-8-10-12-14-16-18-20-22-24-26-28-30-32-34-36-38-40-42-44-46-48-50-52-54-56-63(66)70-60-62(61-72-74(68,69)71-59-58-65(3,4)5)73-64(67)57-55-53-51-49-47-45-43-41-39-37-35-33-31-29-27-25-23-21-19-17-15-13-11-9-7-2/h9,11,15,17-18,20-21,23-24,26-27,29,33,35,39,41,62H,6-8,10,12-14,16,19,22,25,28,30-32,34,36-38,40,42-61H2,1-5H3/b11-9-,17-15-,20-18-,23-21-,26-24-,29-27-,35-33-,41-39-. The molecule has 0 aliphatic heterocycles. The van der Waals surface area contributed by atoms with Crippen LogP contribution >= 0.6 is 7.82 Å². The minimum absolute atomic E-state index is 0.0386. The molecule has 2 unspecified atom stereocenters. The topological polar surface area (TPSA) is 111 Å². The molecule has 0 saturated carbocycles. The van der Waals surface area contributed by atoms with Gasteiger partial charge in [-0.2, -0.15) is 0 Å². The molecular formula is C64H112NO8P. The highest BCUT2D eigenvalue weighted by molar-refractivity contribution is 7.45. The number of rotatable bonds is 54. The number of allylic oxidation sites excluding steroid dienone is 16. The quantitative estimate of drug-likeness (QED) is 0.0195. The minimum Gasteiger partial charge on any atom is -0.756 e. The van der Waals surface area contributed by atoms with Gasteiger partial charge in [-0.05, 0) is 96.3 Å². The van der Waals surface area contributed by atoms with E-state index in [1.54, 1.807) is 0 Å². The number of ether oxygens (including phenoxy) is 2. The largest absolute Gasteiger partial charge is 0.756 e. The fourth-order valence-electron chi connectivity index (χ4n) is 7.98. The Morgan fingerprint density at radius 3 is 1.15 bits per heavy atom. The first-order valence-electron chi connectivity index (χ1n) is 29.9. The molecule has 0 heterocycles. The molecule has 0 rings (SSSR count). The highest BCUT2D eigenvalue weighted by Gasteiger charge is 2.22. The van der Waals surface area contributed by atoms with E-state index in [1.807, 2.05) is 21.1 Å². The number of likely N-dealkylation sites (N-methyl/N-ethyl adjacent to an activating group) is 1. The molecule has 0 aromatic heterocycles. The van der Waals surface area contributed by atoms with Crippen molar-refractivity contribution in [2.24, 2.45) is 0 Å². The van der Waals surface area contributed by atoms with E-state index < -0.39 is 26.5 Å². The second kappa shape index (κ2) is 54.7. The summed E-state index contributed by atoms with van der Waals surface area (Å²) in [7, 11) is 1.15. The maximum Gasteiger partial charge on any atom is 0.306 e. The zero-order valence-electron chi connectivity index (χ0n) is 48.3. The van der Waals surface area contributed by atoms with Gasteiger partial charge in [-0.15, -0.1) is 0 Å². The molecule has 0 aliphatic rings. The summed E-state index contributed by atoms with van der Waals surface area (Å²) in [5.41, 5.74) is 0. The van der Waals surface area contributed by atoms with Crippen LogP contribution in [0.4, 0.5) is 0 Å². The average Bonchev–Trinajstić information content (AvgIpc) is 3.36. The van der Waals surface area contributed by atoms with Crippen LogP contribution in [0.2, 0.25) is 0 Å². The third kappa shape index (κ3) is 58.2. The molecule has 10 heteroatoms. The molecule has 0 aliphatic carbocycles. The zero-order chi connectivity index (χ0) is 54.2. The van der Waals surface area contributed by atoms with Crippen molar-refractivity contribution in [1.29, 1.82) is 0 Å². The molecule has 0 aromatic rings. The lowest BCUT2D eigenvalue weighted by molar-refractivity contribution is -0.870. The van der Waals surface area contributed by atoms with Crippen molar-refractivity contribution in [3.05, 3.63) is 97.2 Å². The molecule has 74 heavy (non-hydrogen) atoms. The predicted molar refractivity (Wildman–Crippen MR) is 314 cm³/mol. The maximum absolute atomic E-state index is 12.8. The van der Waals surface area contributed by atoms with Crippen molar-refractivity contribution in [3.63, 3.8) is 0 Å². The van der Waals surface area contributed by atoms with Crippen LogP contribution in [0, 0.1) is 0 Å². The maximum atomic E-state index is 12.8. The number of nitrogens with zero attached hydrogens (tertiary/aromatic N) is 1. The normalized spacial score (nSPS) is 14.0. The Hall–Kier alpha value is -3.07. The van der Waals surface area contributed by atoms with Gasteiger partial charge in [0.15, 0.2) is 6.10 Å². The molecule has 0 aromatic carbocycles. The number of esters is 2. The van der Waals surface area contributed by atoms with Gasteiger partial charge in [0.25, 0.3) is 7.82 Å². The van der Waals surface area contributed by atoms with Crippen LogP contribution < -0.4 is 4.89 Å². The Morgan fingerprint density at radius 2 is 0.770 bits per heavy atom. The molecule has 0 saturated heterocycles. The van der Waals surface area contributed by atoms with Crippen LogP contribution in [-0.2, 0) is 32.7 Å². The van der Waals surface area contributed by atoms with Gasteiger partial charge in [0, 0.05) is 12.8 Å². The summed E-state index contributed by atoms with van der Waals surface area (Å²) in [4.78, 5) is 37.9. The fraction of sp³-hybridized carbons (Fsp3) is 0.719. The SMILES string of the molecule is CC/C=C\C/C=C\C/C=C\C/C=C\C/C=C\C/C=C\CCCCCCCCC(=O)OC(COC(=O)CCCCCCCCCCCCCCC/C=C\C/C=C\CCCCCCC)COP(=O)([O-])OCC[N+](C)(C)C. The van der Waals surface area contributed by atoms with E-state index in [0.29, 0.717) is 17.4 Å². The number of carbonyl (C=O) groups is 2. The molecule has 0 radical (unpaired) electrons. The zero-order valence-corrected chi connectivity index (χ0v) is 49.2. The first kappa shape index (κ1) is 70.9. The Bertz CT molecular complexity index is 1570. The average molecular weight is 1050 g/mol. The summed E-state index contributed by atoms with van der Waals surface area (Å²) in [6.07, 6.45) is 74.5. The first-order valence-corrected chi connectivity index (χ1v) is 31.4. The fourth-order valence-corrected chi connectivity index (χ4v) is 8.71. The van der Waals surface area contributed by atoms with Crippen molar-refractivity contribution in [1.82, 2.24) is 0 Å². The summed E-state index contributed by atoms with van der Waals surface area (Å²) >= 11 is 0. The summed E-state index contributed by atoms with van der Waals surface area (Å²) in [6.45, 7) is 4.10. The lowest BCUT2D eigenvalue weighted by Crippen LogP contribution is -2.37. The van der Waals surface area contributed by atoms with E-state index in [-0.39, 0.29) is 32.0 Å². The van der Waals surface area contributed by atoms with Gasteiger partial charge < -0.3 is 27.9 Å². The third-order valence-corrected chi connectivity index (χ3v) is 13.6. The highest BCUT2D eigenvalue weighted by Crippen LogP contribution is 2.38. The highest BCUT2D eigenvalue weighted by atomic mass is 31.2. The number of hydrogen-bond acceptors (Lipinski definition) is 8. The number of phosphoric ester groups is 1. The van der Waals surface area contributed by atoms with Gasteiger partial charge in [-0.3, -0.25) is 14.2 Å². The predicted octanol–water partition coefficient (Wildman–Crippen LogP) is 18.2. The smallest absolute Gasteiger partial charge is 0.306 e. The summed E-state index contributed by atoms with van der Waals surface area (Å²) < 4.78 is 34.2. The van der Waals surface area contributed by atoms with Gasteiger partial charge >= 0.3 is 11.9 Å². The molecule has 0 amide bonds. The first-order chi connectivity index (χ1) is 36.0. The van der Waals surface area contributed by atoms with Crippen LogP contribution in [-0.4, -0.2) is 70.0 Å². The Morgan fingerprint density at radius 1 is 0.432 bits per heavy atom. The second-order valence-electron chi connectivity index (χ2n) is 21.0. The van der Waals surface area contributed by atoms with Gasteiger partial charge in [0.05, 0.1) is 27.7 Å². The summed E-state index contributed by atoms with van der Waals surface area (Å²) in [6, 6.07) is 0. The molecule has 0 N–H and O–H groups in total. The number of phosphoric acid groups is 1. The molecule has 2 atom stereocenters. The molecule has 0 fully saturated rings. The second-order valence-corrected chi connectivity index (χ2v) is 22.4. The number of hydrogen-bond donors (Lipinski definition) is 0. The van der Waals surface area contributed by atoms with Crippen LogP contribution in [0.25, 0.3) is 0 Å². The van der Waals surface area contributed by atoms with Crippen LogP contribution in [0.1, 0.15) is 245 Å². The Balaban J connectivity index is 4.21. The van der Waals surface area contributed by atoms with Gasteiger partial charge in [-0.25, -0.2) is 0 Å². The van der Waals surface area contributed by atoms with Gasteiger partial charge in [-0.1, -0.05) is 233 Å². The molecular weight excluding hydrogens is 942 g/mol. The molecule has 0 bridgehead atoms. The van der Waals surface area contributed by atoms with E-state index in [1.165, 1.54) is 109 Å². The lowest BCUT2D eigenvalue weighted by Gasteiger charge is -2.28. The summed E-state index contributed by atoms with van der Waals surface area (Å²) in [5, 5.41) is 0. The van der Waals surface area contributed by atoms with Crippen molar-refractivity contribution >= 4 is 19.8 Å². The Labute approximate surface area is 455 Å². The molecule has 426 valence electrons. The third-order valence-electron chi connectivity index (χ3n) is 12.6. The number of carbonyl (C=O) groups excluding carboxylic acids is 2. The molecule has 9 nitrogen and oxygen atoms in total. The van der Waals surface area contributed by atoms with Crippen LogP contribution in [0.5, 0.6) is 0 Å². The van der Waals surface area contributed by atoms with E-state index in [4.69, 9.17) is 18.5 Å². The minimum atomic E-state index is -4.65.